The number of benzene rings is 1. The first-order valence-corrected chi connectivity index (χ1v) is 9.62. The number of hydrogen-bond donors (Lipinski definition) is 0. The van der Waals surface area contributed by atoms with Crippen LogP contribution < -0.4 is 0 Å². The number of thioether (sulfide) groups is 1. The predicted molar refractivity (Wildman–Crippen MR) is 95.8 cm³/mol. The standard InChI is InChI=1S/C18H23N3O2S/c1-12-7-9-14(10-8-12)16-19-20-17(23-16)15-6-4-5-11-21(15)18(22)13(2)24-3/h7-10,13,15H,4-6,11H2,1-3H3. The molecule has 1 aliphatic heterocycles. The molecule has 0 aliphatic carbocycles. The zero-order valence-electron chi connectivity index (χ0n) is 14.4. The van der Waals surface area contributed by atoms with Crippen molar-refractivity contribution in [1.29, 1.82) is 0 Å². The van der Waals surface area contributed by atoms with Crippen LogP contribution in [-0.2, 0) is 4.79 Å². The monoisotopic (exact) mass is 345 g/mol. The second-order valence-electron chi connectivity index (χ2n) is 6.23. The van der Waals surface area contributed by atoms with Crippen molar-refractivity contribution < 1.29 is 9.21 Å². The van der Waals surface area contributed by atoms with Crippen LogP contribution in [0.2, 0.25) is 0 Å². The molecule has 1 amide bonds. The first-order chi connectivity index (χ1) is 11.6. The number of nitrogens with zero attached hydrogens (tertiary/aromatic N) is 3. The van der Waals surface area contributed by atoms with Gasteiger partial charge in [-0.1, -0.05) is 17.7 Å². The van der Waals surface area contributed by atoms with Gasteiger partial charge in [-0.05, 0) is 51.5 Å². The Kier molecular flexibility index (Phi) is 5.23. The molecule has 0 bridgehead atoms. The van der Waals surface area contributed by atoms with Crippen LogP contribution in [0.15, 0.2) is 28.7 Å². The molecule has 1 fully saturated rings. The van der Waals surface area contributed by atoms with Gasteiger partial charge in [0.05, 0.1) is 5.25 Å². The molecule has 2 heterocycles. The maximum atomic E-state index is 12.6. The van der Waals surface area contributed by atoms with E-state index in [1.165, 1.54) is 5.56 Å². The van der Waals surface area contributed by atoms with Gasteiger partial charge in [0.15, 0.2) is 0 Å². The Bertz CT molecular complexity index is 699. The third-order valence-electron chi connectivity index (χ3n) is 4.51. The van der Waals surface area contributed by atoms with Gasteiger partial charge in [-0.25, -0.2) is 0 Å². The molecule has 0 radical (unpaired) electrons. The van der Waals surface area contributed by atoms with E-state index in [4.69, 9.17) is 4.42 Å². The fourth-order valence-electron chi connectivity index (χ4n) is 2.97. The zero-order chi connectivity index (χ0) is 17.1. The van der Waals surface area contributed by atoms with Crippen molar-refractivity contribution in [3.63, 3.8) is 0 Å². The van der Waals surface area contributed by atoms with Crippen molar-refractivity contribution in [2.75, 3.05) is 12.8 Å². The van der Waals surface area contributed by atoms with Crippen LogP contribution in [-0.4, -0.2) is 39.1 Å². The molecule has 3 rings (SSSR count). The smallest absolute Gasteiger partial charge is 0.247 e. The minimum atomic E-state index is -0.104. The molecule has 0 saturated carbocycles. The van der Waals surface area contributed by atoms with Gasteiger partial charge >= 0.3 is 0 Å². The molecule has 2 atom stereocenters. The summed E-state index contributed by atoms with van der Waals surface area (Å²) in [5.74, 6) is 1.22. The van der Waals surface area contributed by atoms with E-state index in [1.807, 2.05) is 49.3 Å². The number of carbonyl (C=O) groups excluding carboxylic acids is 1. The van der Waals surface area contributed by atoms with Crippen molar-refractivity contribution in [3.8, 4) is 11.5 Å². The molecule has 1 aliphatic rings. The highest BCUT2D eigenvalue weighted by Gasteiger charge is 2.33. The van der Waals surface area contributed by atoms with E-state index in [1.54, 1.807) is 11.8 Å². The molecule has 24 heavy (non-hydrogen) atoms. The molecule has 1 aromatic heterocycles. The van der Waals surface area contributed by atoms with Crippen molar-refractivity contribution in [1.82, 2.24) is 15.1 Å². The minimum Gasteiger partial charge on any atom is -0.418 e. The summed E-state index contributed by atoms with van der Waals surface area (Å²) in [6, 6.07) is 7.90. The second-order valence-corrected chi connectivity index (χ2v) is 7.41. The molecule has 0 N–H and O–H groups in total. The summed E-state index contributed by atoms with van der Waals surface area (Å²) >= 11 is 1.57. The van der Waals surface area contributed by atoms with Gasteiger partial charge in [0.1, 0.15) is 6.04 Å². The van der Waals surface area contributed by atoms with Crippen LogP contribution in [0.4, 0.5) is 0 Å². The quantitative estimate of drug-likeness (QED) is 0.842. The summed E-state index contributed by atoms with van der Waals surface area (Å²) in [5, 5.41) is 8.38. The van der Waals surface area contributed by atoms with E-state index in [-0.39, 0.29) is 17.2 Å². The van der Waals surface area contributed by atoms with E-state index in [2.05, 4.69) is 10.2 Å². The number of aromatic nitrogens is 2. The summed E-state index contributed by atoms with van der Waals surface area (Å²) < 4.78 is 5.92. The average molecular weight is 345 g/mol. The maximum Gasteiger partial charge on any atom is 0.247 e. The Hall–Kier alpha value is -1.82. The molecular weight excluding hydrogens is 322 g/mol. The average Bonchev–Trinajstić information content (AvgIpc) is 3.11. The molecule has 1 aromatic carbocycles. The lowest BCUT2D eigenvalue weighted by Crippen LogP contribution is -2.42. The number of likely N-dealkylation sites (tertiary alicyclic amines) is 1. The predicted octanol–water partition coefficient (Wildman–Crippen LogP) is 3.85. The molecule has 2 aromatic rings. The SMILES string of the molecule is CSC(C)C(=O)N1CCCCC1c1nnc(-c2ccc(C)cc2)o1. The number of amides is 1. The van der Waals surface area contributed by atoms with Gasteiger partial charge in [0.2, 0.25) is 17.7 Å². The van der Waals surface area contributed by atoms with Gasteiger partial charge in [-0.3, -0.25) is 4.79 Å². The molecule has 5 nitrogen and oxygen atoms in total. The number of carbonyl (C=O) groups is 1. The lowest BCUT2D eigenvalue weighted by molar-refractivity contribution is -0.134. The van der Waals surface area contributed by atoms with Crippen LogP contribution in [0.1, 0.15) is 43.7 Å². The first kappa shape index (κ1) is 17.0. The summed E-state index contributed by atoms with van der Waals surface area (Å²) in [6.45, 7) is 4.75. The molecule has 1 saturated heterocycles. The topological polar surface area (TPSA) is 59.2 Å². The molecule has 6 heteroatoms. The van der Waals surface area contributed by atoms with E-state index in [0.29, 0.717) is 11.8 Å². The van der Waals surface area contributed by atoms with Crippen molar-refractivity contribution in [2.45, 2.75) is 44.4 Å². The van der Waals surface area contributed by atoms with Gasteiger partial charge in [-0.2, -0.15) is 11.8 Å². The van der Waals surface area contributed by atoms with Crippen LogP contribution >= 0.6 is 11.8 Å². The highest BCUT2D eigenvalue weighted by atomic mass is 32.2. The molecule has 0 spiro atoms. The van der Waals surface area contributed by atoms with Crippen molar-refractivity contribution in [2.24, 2.45) is 0 Å². The summed E-state index contributed by atoms with van der Waals surface area (Å²) in [6.07, 6.45) is 4.94. The lowest BCUT2D eigenvalue weighted by Gasteiger charge is -2.34. The Morgan fingerprint density at radius 2 is 2.04 bits per heavy atom. The third-order valence-corrected chi connectivity index (χ3v) is 5.42. The Balaban J connectivity index is 1.84. The molecule has 2 unspecified atom stereocenters. The van der Waals surface area contributed by atoms with Gasteiger partial charge in [0, 0.05) is 12.1 Å². The van der Waals surface area contributed by atoms with Crippen LogP contribution in [0.5, 0.6) is 0 Å². The molecular formula is C18H23N3O2S. The van der Waals surface area contributed by atoms with Gasteiger partial charge in [-0.15, -0.1) is 10.2 Å². The number of piperidine rings is 1. The summed E-state index contributed by atoms with van der Waals surface area (Å²) in [4.78, 5) is 14.6. The number of rotatable bonds is 4. The lowest BCUT2D eigenvalue weighted by atomic mass is 10.0. The van der Waals surface area contributed by atoms with Crippen LogP contribution in [0, 0.1) is 6.92 Å². The third kappa shape index (κ3) is 3.48. The maximum absolute atomic E-state index is 12.6. The highest BCUT2D eigenvalue weighted by Crippen LogP contribution is 2.33. The zero-order valence-corrected chi connectivity index (χ0v) is 15.2. The fraction of sp³-hybridized carbons (Fsp3) is 0.500. The Morgan fingerprint density at radius 3 is 2.75 bits per heavy atom. The minimum absolute atomic E-state index is 0.0508. The van der Waals surface area contributed by atoms with E-state index in [0.717, 1.165) is 31.4 Å². The van der Waals surface area contributed by atoms with E-state index < -0.39 is 0 Å². The highest BCUT2D eigenvalue weighted by molar-refractivity contribution is 7.99. The first-order valence-electron chi connectivity index (χ1n) is 8.34. The van der Waals surface area contributed by atoms with Crippen molar-refractivity contribution in [3.05, 3.63) is 35.7 Å². The Morgan fingerprint density at radius 1 is 1.29 bits per heavy atom. The second kappa shape index (κ2) is 7.38. The summed E-state index contributed by atoms with van der Waals surface area (Å²) in [5.41, 5.74) is 2.10. The Labute approximate surface area is 146 Å². The van der Waals surface area contributed by atoms with Crippen LogP contribution in [0.3, 0.4) is 0 Å². The van der Waals surface area contributed by atoms with E-state index in [9.17, 15) is 4.79 Å². The van der Waals surface area contributed by atoms with Crippen molar-refractivity contribution >= 4 is 17.7 Å². The normalized spacial score (nSPS) is 19.3. The van der Waals surface area contributed by atoms with E-state index >= 15 is 0 Å². The summed E-state index contributed by atoms with van der Waals surface area (Å²) in [7, 11) is 0. The largest absolute Gasteiger partial charge is 0.418 e. The van der Waals surface area contributed by atoms with Gasteiger partial charge < -0.3 is 9.32 Å². The number of hydrogen-bond acceptors (Lipinski definition) is 5. The number of aryl methyl sites for hydroxylation is 1. The van der Waals surface area contributed by atoms with Crippen LogP contribution in [0.25, 0.3) is 11.5 Å². The van der Waals surface area contributed by atoms with Gasteiger partial charge in [0.25, 0.3) is 0 Å². The fourth-order valence-corrected chi connectivity index (χ4v) is 3.31. The molecule has 128 valence electrons.